The smallest absolute Gasteiger partial charge is 0.234 e. The van der Waals surface area contributed by atoms with Crippen LogP contribution in [-0.2, 0) is 10.0 Å². The highest BCUT2D eigenvalue weighted by molar-refractivity contribution is 9.10. The summed E-state index contributed by atoms with van der Waals surface area (Å²) in [5.41, 5.74) is 1.58. The molecule has 1 aromatic carbocycles. The standard InChI is InChI=1S/C11H17BrN2O2S/c1-3-13-7-8-17(15,16)14-10-6-4-5-9(2)11(10)12/h4-6,13-14H,3,7-8H2,1-2H3. The van der Waals surface area contributed by atoms with Gasteiger partial charge in [-0.2, -0.15) is 0 Å². The van der Waals surface area contributed by atoms with Crippen molar-refractivity contribution in [1.29, 1.82) is 0 Å². The molecule has 0 heterocycles. The Hall–Kier alpha value is -0.590. The lowest BCUT2D eigenvalue weighted by Crippen LogP contribution is -2.26. The minimum absolute atomic E-state index is 0.0707. The Morgan fingerprint density at radius 1 is 1.35 bits per heavy atom. The molecule has 0 aliphatic carbocycles. The van der Waals surface area contributed by atoms with Gasteiger partial charge in [0.25, 0.3) is 0 Å². The zero-order chi connectivity index (χ0) is 12.9. The lowest BCUT2D eigenvalue weighted by atomic mass is 10.2. The summed E-state index contributed by atoms with van der Waals surface area (Å²) in [6.07, 6.45) is 0. The number of sulfonamides is 1. The molecule has 6 heteroatoms. The van der Waals surface area contributed by atoms with E-state index in [0.29, 0.717) is 12.2 Å². The molecule has 0 saturated heterocycles. The topological polar surface area (TPSA) is 58.2 Å². The van der Waals surface area contributed by atoms with E-state index in [0.717, 1.165) is 16.6 Å². The first-order chi connectivity index (χ1) is 7.96. The molecule has 17 heavy (non-hydrogen) atoms. The lowest BCUT2D eigenvalue weighted by Gasteiger charge is -2.11. The summed E-state index contributed by atoms with van der Waals surface area (Å²) in [6.45, 7) is 5.08. The van der Waals surface area contributed by atoms with Crippen molar-refractivity contribution in [2.45, 2.75) is 13.8 Å². The van der Waals surface area contributed by atoms with Crippen LogP contribution in [0.4, 0.5) is 5.69 Å². The minimum atomic E-state index is -3.29. The Bertz CT molecular complexity index is 474. The zero-order valence-electron chi connectivity index (χ0n) is 9.96. The van der Waals surface area contributed by atoms with Crippen molar-refractivity contribution in [2.75, 3.05) is 23.6 Å². The number of benzene rings is 1. The van der Waals surface area contributed by atoms with Gasteiger partial charge in [-0.25, -0.2) is 8.42 Å². The van der Waals surface area contributed by atoms with Gasteiger partial charge in [-0.3, -0.25) is 4.72 Å². The van der Waals surface area contributed by atoms with Crippen molar-refractivity contribution in [1.82, 2.24) is 5.32 Å². The maximum Gasteiger partial charge on any atom is 0.234 e. The number of hydrogen-bond donors (Lipinski definition) is 2. The van der Waals surface area contributed by atoms with Crippen LogP contribution in [0.15, 0.2) is 22.7 Å². The van der Waals surface area contributed by atoms with Crippen LogP contribution in [0.2, 0.25) is 0 Å². The van der Waals surface area contributed by atoms with E-state index in [1.54, 1.807) is 6.07 Å². The van der Waals surface area contributed by atoms with Gasteiger partial charge in [0.05, 0.1) is 11.4 Å². The second-order valence-corrected chi connectivity index (χ2v) is 6.35. The van der Waals surface area contributed by atoms with E-state index in [2.05, 4.69) is 26.0 Å². The van der Waals surface area contributed by atoms with Crippen molar-refractivity contribution in [3.05, 3.63) is 28.2 Å². The van der Waals surface area contributed by atoms with Gasteiger partial charge in [-0.1, -0.05) is 19.1 Å². The fourth-order valence-corrected chi connectivity index (χ4v) is 2.84. The molecule has 0 spiro atoms. The van der Waals surface area contributed by atoms with Crippen molar-refractivity contribution in [3.63, 3.8) is 0 Å². The molecule has 0 bridgehead atoms. The molecule has 0 aliphatic heterocycles. The van der Waals surface area contributed by atoms with Gasteiger partial charge in [0.2, 0.25) is 10.0 Å². The number of aryl methyl sites for hydroxylation is 1. The first kappa shape index (κ1) is 14.5. The van der Waals surface area contributed by atoms with Gasteiger partial charge in [-0.15, -0.1) is 0 Å². The van der Waals surface area contributed by atoms with Crippen molar-refractivity contribution >= 4 is 31.6 Å². The molecule has 0 aliphatic rings. The van der Waals surface area contributed by atoms with Crippen LogP contribution in [0, 0.1) is 6.92 Å². The van der Waals surface area contributed by atoms with Gasteiger partial charge < -0.3 is 5.32 Å². The molecule has 0 atom stereocenters. The fraction of sp³-hybridized carbons (Fsp3) is 0.455. The largest absolute Gasteiger partial charge is 0.316 e. The highest BCUT2D eigenvalue weighted by Gasteiger charge is 2.12. The highest BCUT2D eigenvalue weighted by atomic mass is 79.9. The molecule has 1 aromatic rings. The summed E-state index contributed by atoms with van der Waals surface area (Å²) in [5, 5.41) is 2.99. The number of hydrogen-bond acceptors (Lipinski definition) is 3. The third-order valence-corrected chi connectivity index (χ3v) is 4.58. The Morgan fingerprint density at radius 3 is 2.71 bits per heavy atom. The van der Waals surface area contributed by atoms with E-state index >= 15 is 0 Å². The second-order valence-electron chi connectivity index (χ2n) is 3.71. The summed E-state index contributed by atoms with van der Waals surface area (Å²) < 4.78 is 26.9. The van der Waals surface area contributed by atoms with E-state index in [1.807, 2.05) is 26.0 Å². The highest BCUT2D eigenvalue weighted by Crippen LogP contribution is 2.26. The van der Waals surface area contributed by atoms with E-state index in [9.17, 15) is 8.42 Å². The van der Waals surface area contributed by atoms with Gasteiger partial charge in [0, 0.05) is 11.0 Å². The molecule has 0 amide bonds. The Kier molecular flexibility index (Phi) is 5.42. The molecular formula is C11H17BrN2O2S. The third-order valence-electron chi connectivity index (χ3n) is 2.25. The van der Waals surface area contributed by atoms with E-state index in [1.165, 1.54) is 0 Å². The molecule has 1 rings (SSSR count). The molecule has 96 valence electrons. The number of nitrogens with one attached hydrogen (secondary N) is 2. The van der Waals surface area contributed by atoms with Crippen LogP contribution in [0.5, 0.6) is 0 Å². The fourth-order valence-electron chi connectivity index (χ4n) is 1.33. The predicted molar refractivity (Wildman–Crippen MR) is 74.8 cm³/mol. The number of rotatable bonds is 6. The Morgan fingerprint density at radius 2 is 2.06 bits per heavy atom. The maximum atomic E-state index is 11.8. The second kappa shape index (κ2) is 6.37. The summed E-state index contributed by atoms with van der Waals surface area (Å²) in [7, 11) is -3.29. The van der Waals surface area contributed by atoms with Crippen molar-refractivity contribution in [3.8, 4) is 0 Å². The average molecular weight is 321 g/mol. The monoisotopic (exact) mass is 320 g/mol. The molecule has 0 fully saturated rings. The van der Waals surface area contributed by atoms with Crippen LogP contribution >= 0.6 is 15.9 Å². The van der Waals surface area contributed by atoms with Gasteiger partial charge in [0.1, 0.15) is 0 Å². The summed E-state index contributed by atoms with van der Waals surface area (Å²) in [4.78, 5) is 0. The van der Waals surface area contributed by atoms with E-state index < -0.39 is 10.0 Å². The Balaban J connectivity index is 2.73. The van der Waals surface area contributed by atoms with Crippen LogP contribution in [0.3, 0.4) is 0 Å². The quantitative estimate of drug-likeness (QED) is 0.789. The van der Waals surface area contributed by atoms with Gasteiger partial charge in [0.15, 0.2) is 0 Å². The number of anilines is 1. The maximum absolute atomic E-state index is 11.8. The molecule has 0 aromatic heterocycles. The van der Waals surface area contributed by atoms with Crippen LogP contribution in [0.1, 0.15) is 12.5 Å². The molecule has 2 N–H and O–H groups in total. The summed E-state index contributed by atoms with van der Waals surface area (Å²) in [6, 6.07) is 5.48. The molecular weight excluding hydrogens is 304 g/mol. The summed E-state index contributed by atoms with van der Waals surface area (Å²) >= 11 is 3.37. The first-order valence-electron chi connectivity index (χ1n) is 5.42. The van der Waals surface area contributed by atoms with Crippen LogP contribution < -0.4 is 10.0 Å². The van der Waals surface area contributed by atoms with Gasteiger partial charge >= 0.3 is 0 Å². The van der Waals surface area contributed by atoms with E-state index in [4.69, 9.17) is 0 Å². The average Bonchev–Trinajstić information content (AvgIpc) is 2.25. The van der Waals surface area contributed by atoms with Crippen molar-refractivity contribution in [2.24, 2.45) is 0 Å². The molecule has 0 radical (unpaired) electrons. The Labute approximate surface area is 111 Å². The molecule has 0 saturated carbocycles. The normalized spacial score (nSPS) is 11.5. The third kappa shape index (κ3) is 4.65. The first-order valence-corrected chi connectivity index (χ1v) is 7.87. The zero-order valence-corrected chi connectivity index (χ0v) is 12.4. The molecule has 4 nitrogen and oxygen atoms in total. The van der Waals surface area contributed by atoms with Crippen LogP contribution in [-0.4, -0.2) is 27.3 Å². The predicted octanol–water partition coefficient (Wildman–Crippen LogP) is 2.11. The minimum Gasteiger partial charge on any atom is -0.316 e. The van der Waals surface area contributed by atoms with Crippen molar-refractivity contribution < 1.29 is 8.42 Å². The van der Waals surface area contributed by atoms with E-state index in [-0.39, 0.29) is 5.75 Å². The molecule has 0 unspecified atom stereocenters. The van der Waals surface area contributed by atoms with Crippen LogP contribution in [0.25, 0.3) is 0 Å². The van der Waals surface area contributed by atoms with Gasteiger partial charge in [-0.05, 0) is 41.0 Å². The SMILES string of the molecule is CCNCCS(=O)(=O)Nc1cccc(C)c1Br. The summed E-state index contributed by atoms with van der Waals surface area (Å²) in [5.74, 6) is 0.0707. The lowest BCUT2D eigenvalue weighted by molar-refractivity contribution is 0.597. The number of halogens is 1.